The van der Waals surface area contributed by atoms with Crippen LogP contribution in [0.15, 0.2) is 24.3 Å². The number of hydrogen-bond donors (Lipinski definition) is 1. The van der Waals surface area contributed by atoms with Crippen LogP contribution in [0.4, 0.5) is 10.5 Å². The standard InChI is InChI=1S/C21H31N3O6/c1-21(2,3)30-20(26)23-11-15-8-16(12-23)10-22(9-15)13-18(25)14-29-19-6-4-17(5-7-19)24(27)28/h4-7,15-16,18,25H,8-14H2,1-3H3. The third-order valence-electron chi connectivity index (χ3n) is 5.27. The lowest BCUT2D eigenvalue weighted by Gasteiger charge is -2.46. The van der Waals surface area contributed by atoms with E-state index in [-0.39, 0.29) is 18.4 Å². The van der Waals surface area contributed by atoms with Crippen molar-refractivity contribution in [1.29, 1.82) is 0 Å². The zero-order chi connectivity index (χ0) is 21.9. The van der Waals surface area contributed by atoms with Crippen LogP contribution in [-0.2, 0) is 4.74 Å². The Labute approximate surface area is 176 Å². The van der Waals surface area contributed by atoms with Gasteiger partial charge in [-0.05, 0) is 51.2 Å². The number of nitro benzene ring substituents is 1. The van der Waals surface area contributed by atoms with Crippen LogP contribution in [0, 0.1) is 22.0 Å². The first-order valence-corrected chi connectivity index (χ1v) is 10.3. The molecule has 9 nitrogen and oxygen atoms in total. The van der Waals surface area contributed by atoms with Crippen molar-refractivity contribution >= 4 is 11.8 Å². The van der Waals surface area contributed by atoms with Gasteiger partial charge >= 0.3 is 6.09 Å². The molecular weight excluding hydrogens is 390 g/mol. The molecule has 2 aliphatic rings. The predicted octanol–water partition coefficient (Wildman–Crippen LogP) is 2.52. The van der Waals surface area contributed by atoms with Crippen LogP contribution < -0.4 is 4.74 Å². The molecule has 2 fully saturated rings. The van der Waals surface area contributed by atoms with Crippen molar-refractivity contribution in [1.82, 2.24) is 9.80 Å². The lowest BCUT2D eigenvalue weighted by molar-refractivity contribution is -0.384. The molecule has 1 N–H and O–H groups in total. The molecule has 9 heteroatoms. The maximum absolute atomic E-state index is 12.4. The second kappa shape index (κ2) is 9.18. The molecule has 1 aromatic rings. The maximum Gasteiger partial charge on any atom is 0.410 e. The number of β-amino-alcohol motifs (C(OH)–C–C–N with tert-alkyl or cyclic N) is 1. The van der Waals surface area contributed by atoms with Gasteiger partial charge in [-0.25, -0.2) is 4.79 Å². The topological polar surface area (TPSA) is 105 Å². The lowest BCUT2D eigenvalue weighted by Crippen LogP contribution is -2.56. The Morgan fingerprint density at radius 2 is 1.80 bits per heavy atom. The molecule has 30 heavy (non-hydrogen) atoms. The fourth-order valence-electron chi connectivity index (χ4n) is 4.22. The van der Waals surface area contributed by atoms with Crippen LogP contribution in [0.25, 0.3) is 0 Å². The first-order valence-electron chi connectivity index (χ1n) is 10.3. The molecule has 2 heterocycles. The number of nitrogens with zero attached hydrogens (tertiary/aromatic N) is 3. The van der Waals surface area contributed by atoms with Crippen LogP contribution in [0.1, 0.15) is 27.2 Å². The minimum atomic E-state index is -0.666. The number of ether oxygens (including phenoxy) is 2. The lowest BCUT2D eigenvalue weighted by atomic mass is 9.84. The number of likely N-dealkylation sites (tertiary alicyclic amines) is 2. The van der Waals surface area contributed by atoms with Crippen LogP contribution in [0.3, 0.4) is 0 Å². The molecular formula is C21H31N3O6. The highest BCUT2D eigenvalue weighted by Gasteiger charge is 2.37. The van der Waals surface area contributed by atoms with Crippen molar-refractivity contribution in [2.75, 3.05) is 39.3 Å². The second-order valence-electron chi connectivity index (χ2n) is 9.29. The molecule has 2 bridgehead atoms. The molecule has 0 spiro atoms. The molecule has 166 valence electrons. The van der Waals surface area contributed by atoms with E-state index in [1.807, 2.05) is 25.7 Å². The Bertz CT molecular complexity index is 734. The summed E-state index contributed by atoms with van der Waals surface area (Å²) in [5.41, 5.74) is -0.494. The number of rotatable bonds is 6. The SMILES string of the molecule is CC(C)(C)OC(=O)N1CC2CC(CN(CC(O)COc3ccc([N+](=O)[O-])cc3)C2)C1. The molecule has 1 amide bonds. The van der Waals surface area contributed by atoms with E-state index in [0.29, 0.717) is 37.2 Å². The summed E-state index contributed by atoms with van der Waals surface area (Å²) >= 11 is 0. The number of benzene rings is 1. The Morgan fingerprint density at radius 3 is 2.33 bits per heavy atom. The zero-order valence-corrected chi connectivity index (χ0v) is 17.8. The van der Waals surface area contributed by atoms with Crippen molar-refractivity contribution < 1.29 is 24.3 Å². The van der Waals surface area contributed by atoms with Gasteiger partial charge in [0.2, 0.25) is 0 Å². The van der Waals surface area contributed by atoms with Gasteiger partial charge < -0.3 is 19.5 Å². The van der Waals surface area contributed by atoms with Crippen LogP contribution in [-0.4, -0.2) is 77.0 Å². The zero-order valence-electron chi connectivity index (χ0n) is 17.8. The Hall–Kier alpha value is -2.39. The van der Waals surface area contributed by atoms with E-state index in [2.05, 4.69) is 4.90 Å². The molecule has 0 aromatic heterocycles. The summed E-state index contributed by atoms with van der Waals surface area (Å²) in [5, 5.41) is 21.1. The van der Waals surface area contributed by atoms with Crippen molar-refractivity contribution in [2.45, 2.75) is 38.9 Å². The quantitative estimate of drug-likeness (QED) is 0.556. The highest BCUT2D eigenvalue weighted by molar-refractivity contribution is 5.68. The van der Waals surface area contributed by atoms with Gasteiger partial charge in [0.1, 0.15) is 24.1 Å². The largest absolute Gasteiger partial charge is 0.491 e. The predicted molar refractivity (Wildman–Crippen MR) is 110 cm³/mol. The summed E-state index contributed by atoms with van der Waals surface area (Å²) in [4.78, 5) is 26.7. The van der Waals surface area contributed by atoms with Gasteiger partial charge in [0.05, 0.1) is 4.92 Å². The Kier molecular flexibility index (Phi) is 6.82. The van der Waals surface area contributed by atoms with Crippen molar-refractivity contribution in [3.63, 3.8) is 0 Å². The molecule has 2 saturated heterocycles. The maximum atomic E-state index is 12.4. The van der Waals surface area contributed by atoms with Crippen molar-refractivity contribution in [3.8, 4) is 5.75 Å². The highest BCUT2D eigenvalue weighted by Crippen LogP contribution is 2.29. The molecule has 1 aromatic carbocycles. The summed E-state index contributed by atoms with van der Waals surface area (Å²) < 4.78 is 11.1. The number of aliphatic hydroxyl groups excluding tert-OH is 1. The molecule has 2 aliphatic heterocycles. The number of nitro groups is 1. The summed E-state index contributed by atoms with van der Waals surface area (Å²) in [7, 11) is 0. The summed E-state index contributed by atoms with van der Waals surface area (Å²) in [6, 6.07) is 5.82. The van der Waals surface area contributed by atoms with Gasteiger partial charge in [-0.1, -0.05) is 0 Å². The van der Waals surface area contributed by atoms with Gasteiger partial charge in [-0.15, -0.1) is 0 Å². The van der Waals surface area contributed by atoms with E-state index >= 15 is 0 Å². The number of carbonyl (C=O) groups excluding carboxylic acids is 1. The van der Waals surface area contributed by atoms with Gasteiger partial charge in [0.15, 0.2) is 0 Å². The number of hydrogen-bond acceptors (Lipinski definition) is 7. The third-order valence-corrected chi connectivity index (χ3v) is 5.27. The van der Waals surface area contributed by atoms with E-state index in [9.17, 15) is 20.0 Å². The first-order chi connectivity index (χ1) is 14.1. The van der Waals surface area contributed by atoms with Gasteiger partial charge in [0.25, 0.3) is 5.69 Å². The van der Waals surface area contributed by atoms with Crippen molar-refractivity contribution in [3.05, 3.63) is 34.4 Å². The fourth-order valence-corrected chi connectivity index (χ4v) is 4.22. The smallest absolute Gasteiger partial charge is 0.410 e. The van der Waals surface area contributed by atoms with E-state index in [1.54, 1.807) is 0 Å². The molecule has 0 aliphatic carbocycles. The highest BCUT2D eigenvalue weighted by atomic mass is 16.6. The number of aliphatic hydroxyl groups is 1. The first kappa shape index (κ1) is 22.3. The van der Waals surface area contributed by atoms with E-state index < -0.39 is 16.6 Å². The Morgan fingerprint density at radius 1 is 1.20 bits per heavy atom. The van der Waals surface area contributed by atoms with E-state index in [0.717, 1.165) is 19.5 Å². The molecule has 0 saturated carbocycles. The molecule has 3 atom stereocenters. The number of amides is 1. The van der Waals surface area contributed by atoms with Crippen LogP contribution in [0.2, 0.25) is 0 Å². The van der Waals surface area contributed by atoms with Gasteiger partial charge in [-0.2, -0.15) is 0 Å². The number of carbonyl (C=O) groups is 1. The summed E-state index contributed by atoms with van der Waals surface area (Å²) in [6.07, 6.45) is 0.175. The average molecular weight is 421 g/mol. The van der Waals surface area contributed by atoms with Crippen molar-refractivity contribution in [2.24, 2.45) is 11.8 Å². The van der Waals surface area contributed by atoms with Crippen LogP contribution >= 0.6 is 0 Å². The second-order valence-corrected chi connectivity index (χ2v) is 9.29. The van der Waals surface area contributed by atoms with Crippen LogP contribution in [0.5, 0.6) is 5.75 Å². The van der Waals surface area contributed by atoms with E-state index in [4.69, 9.17) is 9.47 Å². The Balaban J connectivity index is 1.44. The molecule has 3 rings (SSSR count). The summed E-state index contributed by atoms with van der Waals surface area (Å²) in [6.45, 7) is 9.23. The average Bonchev–Trinajstić information content (AvgIpc) is 2.64. The van der Waals surface area contributed by atoms with Gasteiger partial charge in [0, 0.05) is 44.9 Å². The molecule has 0 radical (unpaired) electrons. The minimum absolute atomic E-state index is 0.00295. The minimum Gasteiger partial charge on any atom is -0.491 e. The molecule has 3 unspecified atom stereocenters. The van der Waals surface area contributed by atoms with Gasteiger partial charge in [-0.3, -0.25) is 15.0 Å². The monoisotopic (exact) mass is 421 g/mol. The van der Waals surface area contributed by atoms with E-state index in [1.165, 1.54) is 24.3 Å². The summed E-state index contributed by atoms with van der Waals surface area (Å²) in [5.74, 6) is 1.23. The fraction of sp³-hybridized carbons (Fsp3) is 0.667. The number of piperidine rings is 2. The number of non-ortho nitro benzene ring substituents is 1. The number of fused-ring (bicyclic) bond motifs is 2. The third kappa shape index (κ3) is 6.30. The normalized spacial score (nSPS) is 23.0.